The van der Waals surface area contributed by atoms with Crippen molar-refractivity contribution >= 4 is 11.6 Å². The first-order chi connectivity index (χ1) is 13.8. The van der Waals surface area contributed by atoms with Crippen molar-refractivity contribution in [1.82, 2.24) is 5.32 Å². The van der Waals surface area contributed by atoms with E-state index in [0.717, 1.165) is 11.6 Å². The topological polar surface area (TPSA) is 99.9 Å². The molecule has 0 radical (unpaired) electrons. The van der Waals surface area contributed by atoms with Crippen LogP contribution >= 0.6 is 0 Å². The molecule has 8 nitrogen and oxygen atoms in total. The lowest BCUT2D eigenvalue weighted by atomic mass is 10.1. The molecule has 156 valence electrons. The number of methoxy groups -OCH3 is 1. The minimum Gasteiger partial charge on any atom is -0.493 e. The van der Waals surface area contributed by atoms with Gasteiger partial charge in [0, 0.05) is 12.6 Å². The molecule has 0 aromatic heterocycles. The zero-order chi connectivity index (χ0) is 21.4. The second-order valence-electron chi connectivity index (χ2n) is 5.74. The number of carbonyl (C=O) groups is 1. The molecule has 2 aromatic rings. The van der Waals surface area contributed by atoms with Gasteiger partial charge in [-0.05, 0) is 31.0 Å². The highest BCUT2D eigenvalue weighted by molar-refractivity contribution is 5.99. The first-order valence-electron chi connectivity index (χ1n) is 8.66. The Morgan fingerprint density at radius 1 is 1.21 bits per heavy atom. The molecule has 2 aromatic carbocycles. The van der Waals surface area contributed by atoms with Crippen molar-refractivity contribution in [3.8, 4) is 17.2 Å². The van der Waals surface area contributed by atoms with E-state index in [0.29, 0.717) is 6.42 Å². The van der Waals surface area contributed by atoms with Gasteiger partial charge in [0.05, 0.1) is 24.7 Å². The summed E-state index contributed by atoms with van der Waals surface area (Å²) in [5.41, 5.74) is 0.210. The minimum atomic E-state index is -2.90. The molecule has 2 rings (SSSR count). The first-order valence-corrected chi connectivity index (χ1v) is 8.66. The average Bonchev–Trinajstić information content (AvgIpc) is 2.68. The summed E-state index contributed by atoms with van der Waals surface area (Å²) in [4.78, 5) is 23.1. The van der Waals surface area contributed by atoms with Crippen LogP contribution in [0.5, 0.6) is 17.2 Å². The first kappa shape index (κ1) is 21.9. The average molecular weight is 410 g/mol. The summed E-state index contributed by atoms with van der Waals surface area (Å²) < 4.78 is 39.0. The van der Waals surface area contributed by atoms with Gasteiger partial charge >= 0.3 is 6.61 Å². The van der Waals surface area contributed by atoms with E-state index < -0.39 is 23.1 Å². The number of amides is 1. The lowest BCUT2D eigenvalue weighted by molar-refractivity contribution is -0.385. The molecule has 0 saturated heterocycles. The van der Waals surface area contributed by atoms with E-state index in [1.54, 1.807) is 19.1 Å². The Balaban J connectivity index is 2.07. The minimum absolute atomic E-state index is 0.0323. The largest absolute Gasteiger partial charge is 0.493 e. The Morgan fingerprint density at radius 3 is 2.45 bits per heavy atom. The van der Waals surface area contributed by atoms with Gasteiger partial charge in [-0.2, -0.15) is 8.78 Å². The van der Waals surface area contributed by atoms with Crippen LogP contribution in [0.15, 0.2) is 36.4 Å². The highest BCUT2D eigenvalue weighted by atomic mass is 19.3. The molecule has 1 amide bonds. The smallest absolute Gasteiger partial charge is 0.387 e. The van der Waals surface area contributed by atoms with Gasteiger partial charge in [0.25, 0.3) is 11.6 Å². The van der Waals surface area contributed by atoms with Gasteiger partial charge in [-0.3, -0.25) is 14.9 Å². The molecule has 0 fully saturated rings. The van der Waals surface area contributed by atoms with Crippen molar-refractivity contribution in [3.63, 3.8) is 0 Å². The molecule has 0 aliphatic carbocycles. The van der Waals surface area contributed by atoms with Crippen LogP contribution < -0.4 is 19.5 Å². The normalized spacial score (nSPS) is 10.5. The van der Waals surface area contributed by atoms with Crippen molar-refractivity contribution in [2.75, 3.05) is 20.3 Å². The van der Waals surface area contributed by atoms with Gasteiger partial charge in [-0.15, -0.1) is 0 Å². The fraction of sp³-hybridized carbons (Fsp3) is 0.316. The van der Waals surface area contributed by atoms with E-state index in [1.807, 2.05) is 0 Å². The second kappa shape index (κ2) is 10.2. The van der Waals surface area contributed by atoms with Crippen molar-refractivity contribution in [3.05, 3.63) is 57.6 Å². The van der Waals surface area contributed by atoms with Crippen LogP contribution in [0.4, 0.5) is 14.5 Å². The number of alkyl halides is 2. The third-order valence-corrected chi connectivity index (χ3v) is 3.87. The number of carbonyl (C=O) groups excluding carboxylic acids is 1. The van der Waals surface area contributed by atoms with E-state index in [9.17, 15) is 23.7 Å². The summed E-state index contributed by atoms with van der Waals surface area (Å²) in [6, 6.07) is 8.38. The van der Waals surface area contributed by atoms with Crippen LogP contribution in [0.2, 0.25) is 0 Å². The molecule has 0 unspecified atom stereocenters. The summed E-state index contributed by atoms with van der Waals surface area (Å²) in [6.45, 7) is -0.722. The number of nitro groups is 1. The Bertz CT molecular complexity index is 859. The number of hydrogen-bond donors (Lipinski definition) is 1. The number of halogens is 2. The van der Waals surface area contributed by atoms with Crippen molar-refractivity contribution in [2.45, 2.75) is 20.0 Å². The van der Waals surface area contributed by atoms with Crippen LogP contribution in [-0.2, 0) is 6.42 Å². The molecular formula is C19H20F2N2O6. The number of rotatable bonds is 10. The maximum Gasteiger partial charge on any atom is 0.387 e. The van der Waals surface area contributed by atoms with E-state index in [-0.39, 0.29) is 36.0 Å². The van der Waals surface area contributed by atoms with Crippen molar-refractivity contribution in [1.29, 1.82) is 0 Å². The van der Waals surface area contributed by atoms with Gasteiger partial charge in [0.1, 0.15) is 11.3 Å². The van der Waals surface area contributed by atoms with Crippen LogP contribution in [0.3, 0.4) is 0 Å². The Kier molecular flexibility index (Phi) is 7.70. The number of hydrogen-bond acceptors (Lipinski definition) is 6. The number of benzene rings is 2. The number of nitrogens with zero attached hydrogens (tertiary/aromatic N) is 1. The predicted octanol–water partition coefficient (Wildman–Crippen LogP) is 3.58. The molecule has 0 bridgehead atoms. The summed E-state index contributed by atoms with van der Waals surface area (Å²) in [7, 11) is 1.37. The van der Waals surface area contributed by atoms with Gasteiger partial charge in [0.2, 0.25) is 0 Å². The van der Waals surface area contributed by atoms with E-state index in [1.165, 1.54) is 25.3 Å². The summed E-state index contributed by atoms with van der Waals surface area (Å²) >= 11 is 0. The SMILES string of the molecule is CCOc1cc([N+](=O)[O-])c(C(=O)NCCc2ccc(OC(F)F)cc2)cc1OC. The molecule has 0 aliphatic rings. The molecule has 29 heavy (non-hydrogen) atoms. The highest BCUT2D eigenvalue weighted by Gasteiger charge is 2.24. The van der Waals surface area contributed by atoms with Crippen LogP contribution in [-0.4, -0.2) is 37.7 Å². The summed E-state index contributed by atoms with van der Waals surface area (Å²) in [5, 5.41) is 14.0. The molecule has 0 atom stereocenters. The van der Waals surface area contributed by atoms with Gasteiger partial charge in [-0.25, -0.2) is 0 Å². The zero-order valence-corrected chi connectivity index (χ0v) is 15.8. The summed E-state index contributed by atoms with van der Waals surface area (Å²) in [6.07, 6.45) is 0.392. The third kappa shape index (κ3) is 6.03. The van der Waals surface area contributed by atoms with Crippen molar-refractivity contribution < 1.29 is 32.7 Å². The van der Waals surface area contributed by atoms with Crippen molar-refractivity contribution in [2.24, 2.45) is 0 Å². The predicted molar refractivity (Wildman–Crippen MR) is 99.9 cm³/mol. The molecule has 0 heterocycles. The number of ether oxygens (including phenoxy) is 3. The Morgan fingerprint density at radius 2 is 1.90 bits per heavy atom. The Hall–Kier alpha value is -3.43. The maximum absolute atomic E-state index is 12.5. The molecule has 0 aliphatic heterocycles. The second-order valence-corrected chi connectivity index (χ2v) is 5.74. The molecule has 1 N–H and O–H groups in total. The lowest BCUT2D eigenvalue weighted by Crippen LogP contribution is -2.26. The fourth-order valence-electron chi connectivity index (χ4n) is 2.56. The third-order valence-electron chi connectivity index (χ3n) is 3.87. The summed E-state index contributed by atoms with van der Waals surface area (Å²) in [5.74, 6) is -0.234. The van der Waals surface area contributed by atoms with E-state index in [4.69, 9.17) is 9.47 Å². The molecule has 10 heteroatoms. The van der Waals surface area contributed by atoms with Crippen LogP contribution in [0.1, 0.15) is 22.8 Å². The molecule has 0 saturated carbocycles. The monoisotopic (exact) mass is 410 g/mol. The zero-order valence-electron chi connectivity index (χ0n) is 15.8. The molecular weight excluding hydrogens is 390 g/mol. The van der Waals surface area contributed by atoms with E-state index in [2.05, 4.69) is 10.1 Å². The van der Waals surface area contributed by atoms with Crippen LogP contribution in [0.25, 0.3) is 0 Å². The quantitative estimate of drug-likeness (QED) is 0.475. The standard InChI is InChI=1S/C19H20F2N2O6/c1-3-28-17-11-15(23(25)26)14(10-16(17)27-2)18(24)22-9-8-12-4-6-13(7-5-12)29-19(20)21/h4-7,10-11,19H,3,8-9H2,1-2H3,(H,22,24). The number of nitro benzene ring substituents is 1. The van der Waals surface area contributed by atoms with Gasteiger partial charge < -0.3 is 19.5 Å². The Labute approximate surface area is 165 Å². The molecule has 0 spiro atoms. The van der Waals surface area contributed by atoms with Gasteiger partial charge in [0.15, 0.2) is 11.5 Å². The lowest BCUT2D eigenvalue weighted by Gasteiger charge is -2.12. The van der Waals surface area contributed by atoms with Crippen LogP contribution in [0, 0.1) is 10.1 Å². The number of nitrogens with one attached hydrogen (secondary N) is 1. The highest BCUT2D eigenvalue weighted by Crippen LogP contribution is 2.34. The van der Waals surface area contributed by atoms with E-state index >= 15 is 0 Å². The maximum atomic E-state index is 12.5. The fourth-order valence-corrected chi connectivity index (χ4v) is 2.56. The van der Waals surface area contributed by atoms with Gasteiger partial charge in [-0.1, -0.05) is 12.1 Å².